The molecular formula is C7H15N3. The van der Waals surface area contributed by atoms with Gasteiger partial charge in [0.15, 0.2) is 0 Å². The summed E-state index contributed by atoms with van der Waals surface area (Å²) < 4.78 is 0. The molecule has 3 aliphatic heterocycles. The van der Waals surface area contributed by atoms with Crippen LogP contribution in [0.2, 0.25) is 0 Å². The first kappa shape index (κ1) is 6.58. The van der Waals surface area contributed by atoms with Crippen molar-refractivity contribution < 1.29 is 0 Å². The molecule has 2 bridgehead atoms. The molecule has 58 valence electrons. The number of fused-ring (bicyclic) bond motifs is 2. The van der Waals surface area contributed by atoms with Crippen LogP contribution < -0.4 is 5.84 Å². The molecule has 0 aromatic rings. The summed E-state index contributed by atoms with van der Waals surface area (Å²) in [6.45, 7) is 5.57. The van der Waals surface area contributed by atoms with E-state index >= 15 is 0 Å². The average molecular weight is 141 g/mol. The highest BCUT2D eigenvalue weighted by atomic mass is 15.5. The zero-order chi connectivity index (χ0) is 7.14. The Balaban J connectivity index is 1.96. The predicted octanol–water partition coefficient (Wildman–Crippen LogP) is -0.361. The fourth-order valence-corrected chi connectivity index (χ4v) is 2.24. The van der Waals surface area contributed by atoms with Gasteiger partial charge in [0.05, 0.1) is 0 Å². The third-order valence-electron chi connectivity index (χ3n) is 2.74. The molecule has 0 amide bonds. The van der Waals surface area contributed by atoms with Crippen molar-refractivity contribution in [2.75, 3.05) is 19.6 Å². The van der Waals surface area contributed by atoms with Crippen LogP contribution in [-0.2, 0) is 0 Å². The highest BCUT2D eigenvalue weighted by Crippen LogP contribution is 2.29. The summed E-state index contributed by atoms with van der Waals surface area (Å²) >= 11 is 0. The van der Waals surface area contributed by atoms with Crippen molar-refractivity contribution >= 4 is 0 Å². The van der Waals surface area contributed by atoms with Crippen LogP contribution in [0.4, 0.5) is 0 Å². The van der Waals surface area contributed by atoms with E-state index in [1.165, 1.54) is 13.0 Å². The maximum atomic E-state index is 5.68. The Labute approximate surface area is 61.7 Å². The zero-order valence-electron chi connectivity index (χ0n) is 6.45. The first-order valence-corrected chi connectivity index (χ1v) is 4.06. The van der Waals surface area contributed by atoms with Gasteiger partial charge in [0.2, 0.25) is 0 Å². The molecule has 3 heteroatoms. The van der Waals surface area contributed by atoms with E-state index in [2.05, 4.69) is 11.8 Å². The summed E-state index contributed by atoms with van der Waals surface area (Å²) in [4.78, 5) is 2.54. The summed E-state index contributed by atoms with van der Waals surface area (Å²) in [6.07, 6.45) is 1.38. The summed E-state index contributed by atoms with van der Waals surface area (Å²) in [5.74, 6) is 5.68. The number of hydrazine groups is 1. The van der Waals surface area contributed by atoms with E-state index in [1.54, 1.807) is 0 Å². The van der Waals surface area contributed by atoms with Crippen molar-refractivity contribution in [3.8, 4) is 0 Å². The van der Waals surface area contributed by atoms with Crippen LogP contribution >= 0.6 is 0 Å². The van der Waals surface area contributed by atoms with Crippen molar-refractivity contribution in [1.82, 2.24) is 9.91 Å². The lowest BCUT2D eigenvalue weighted by Crippen LogP contribution is -2.69. The molecule has 0 spiro atoms. The molecule has 0 radical (unpaired) electrons. The van der Waals surface area contributed by atoms with Crippen LogP contribution in [0.1, 0.15) is 13.3 Å². The van der Waals surface area contributed by atoms with Crippen LogP contribution in [0.5, 0.6) is 0 Å². The second-order valence-corrected chi connectivity index (χ2v) is 3.33. The number of nitrogens with two attached hydrogens (primary N) is 1. The summed E-state index contributed by atoms with van der Waals surface area (Å²) in [5.41, 5.74) is 0. The fourth-order valence-electron chi connectivity index (χ4n) is 2.24. The number of hydrogen-bond donors (Lipinski definition) is 1. The van der Waals surface area contributed by atoms with E-state index in [0.717, 1.165) is 25.2 Å². The van der Waals surface area contributed by atoms with E-state index in [1.807, 2.05) is 5.01 Å². The molecule has 0 saturated carbocycles. The predicted molar refractivity (Wildman–Crippen MR) is 40.3 cm³/mol. The number of piperidine rings is 1. The molecular weight excluding hydrogens is 126 g/mol. The topological polar surface area (TPSA) is 32.5 Å². The largest absolute Gasteiger partial charge is 0.295 e. The van der Waals surface area contributed by atoms with Gasteiger partial charge in [-0.25, -0.2) is 5.01 Å². The van der Waals surface area contributed by atoms with Gasteiger partial charge in [-0.1, -0.05) is 6.92 Å². The third kappa shape index (κ3) is 0.779. The Bertz CT molecular complexity index is 125. The van der Waals surface area contributed by atoms with Crippen LogP contribution in [0.25, 0.3) is 0 Å². The Morgan fingerprint density at radius 3 is 2.50 bits per heavy atom. The third-order valence-corrected chi connectivity index (χ3v) is 2.74. The lowest BCUT2D eigenvalue weighted by molar-refractivity contribution is -0.0657. The lowest BCUT2D eigenvalue weighted by Gasteiger charge is -2.55. The van der Waals surface area contributed by atoms with Crippen LogP contribution in [0.3, 0.4) is 0 Å². The molecule has 3 nitrogen and oxygen atoms in total. The van der Waals surface area contributed by atoms with Crippen LogP contribution in [0, 0.1) is 0 Å². The van der Waals surface area contributed by atoms with Gasteiger partial charge in [0, 0.05) is 25.2 Å². The molecule has 2 N–H and O–H groups in total. The second-order valence-electron chi connectivity index (χ2n) is 3.33. The summed E-state index contributed by atoms with van der Waals surface area (Å²) in [7, 11) is 0. The minimum atomic E-state index is 0.772. The monoisotopic (exact) mass is 141 g/mol. The Hall–Kier alpha value is -0.120. The quantitative estimate of drug-likeness (QED) is 0.506. The summed E-state index contributed by atoms with van der Waals surface area (Å²) in [5, 5.41) is 1.95. The van der Waals surface area contributed by atoms with Gasteiger partial charge in [0.25, 0.3) is 0 Å². The maximum Gasteiger partial charge on any atom is 0.0286 e. The normalized spacial score (nSPS) is 41.4. The average Bonchev–Trinajstić information content (AvgIpc) is 1.87. The number of piperazine rings is 1. The van der Waals surface area contributed by atoms with E-state index in [9.17, 15) is 0 Å². The Morgan fingerprint density at radius 2 is 2.00 bits per heavy atom. The molecule has 0 aromatic carbocycles. The smallest absolute Gasteiger partial charge is 0.0286 e. The van der Waals surface area contributed by atoms with Gasteiger partial charge in [-0.2, -0.15) is 0 Å². The van der Waals surface area contributed by atoms with E-state index < -0.39 is 0 Å². The van der Waals surface area contributed by atoms with Crippen LogP contribution in [-0.4, -0.2) is 41.6 Å². The van der Waals surface area contributed by atoms with Gasteiger partial charge < -0.3 is 0 Å². The number of hydrogen-bond acceptors (Lipinski definition) is 3. The number of likely N-dealkylation sites (N-methyl/N-ethyl adjacent to an activating group) is 1. The van der Waals surface area contributed by atoms with Crippen molar-refractivity contribution in [2.45, 2.75) is 25.4 Å². The zero-order valence-corrected chi connectivity index (χ0v) is 6.45. The molecule has 2 unspecified atom stereocenters. The van der Waals surface area contributed by atoms with Gasteiger partial charge in [-0.3, -0.25) is 10.7 Å². The SMILES string of the molecule is CCN1C2CC1CN(N)C2. The molecule has 3 saturated heterocycles. The second kappa shape index (κ2) is 2.19. The van der Waals surface area contributed by atoms with E-state index in [4.69, 9.17) is 5.84 Å². The first-order chi connectivity index (χ1) is 4.81. The molecule has 3 rings (SSSR count). The van der Waals surface area contributed by atoms with E-state index in [0.29, 0.717) is 0 Å². The number of rotatable bonds is 1. The summed E-state index contributed by atoms with van der Waals surface area (Å²) in [6, 6.07) is 1.54. The molecule has 0 aliphatic carbocycles. The standard InChI is InChI=1S/C7H15N3/c1-2-10-6-3-7(10)5-9(8)4-6/h6-7H,2-5,8H2,1H3. The van der Waals surface area contributed by atoms with Crippen molar-refractivity contribution in [3.05, 3.63) is 0 Å². The molecule has 3 heterocycles. The lowest BCUT2D eigenvalue weighted by atomic mass is 9.88. The van der Waals surface area contributed by atoms with Crippen molar-refractivity contribution in [2.24, 2.45) is 5.84 Å². The van der Waals surface area contributed by atoms with Gasteiger partial charge >= 0.3 is 0 Å². The molecule has 2 atom stereocenters. The highest BCUT2D eigenvalue weighted by Gasteiger charge is 2.42. The molecule has 3 aliphatic rings. The van der Waals surface area contributed by atoms with Gasteiger partial charge in [-0.05, 0) is 13.0 Å². The van der Waals surface area contributed by atoms with Gasteiger partial charge in [-0.15, -0.1) is 0 Å². The van der Waals surface area contributed by atoms with Crippen molar-refractivity contribution in [3.63, 3.8) is 0 Å². The maximum absolute atomic E-state index is 5.68. The molecule has 10 heavy (non-hydrogen) atoms. The minimum Gasteiger partial charge on any atom is -0.295 e. The molecule has 3 fully saturated rings. The van der Waals surface area contributed by atoms with E-state index in [-0.39, 0.29) is 0 Å². The first-order valence-electron chi connectivity index (χ1n) is 4.06. The van der Waals surface area contributed by atoms with Gasteiger partial charge in [0.1, 0.15) is 0 Å². The van der Waals surface area contributed by atoms with Crippen molar-refractivity contribution in [1.29, 1.82) is 0 Å². The Kier molecular flexibility index (Phi) is 1.44. The van der Waals surface area contributed by atoms with Crippen LogP contribution in [0.15, 0.2) is 0 Å². The fraction of sp³-hybridized carbons (Fsp3) is 1.00. The highest BCUT2D eigenvalue weighted by molar-refractivity contribution is 4.98. The Morgan fingerprint density at radius 1 is 1.40 bits per heavy atom. The minimum absolute atomic E-state index is 0.772. The number of nitrogens with zero attached hydrogens (tertiary/aromatic N) is 2. The molecule has 0 aromatic heterocycles.